The fourth-order valence-electron chi connectivity index (χ4n) is 2.08. The first-order valence-electron chi connectivity index (χ1n) is 5.90. The van der Waals surface area contributed by atoms with Gasteiger partial charge in [0, 0.05) is 11.6 Å². The van der Waals surface area contributed by atoms with Gasteiger partial charge in [0.2, 0.25) is 0 Å². The van der Waals surface area contributed by atoms with Crippen LogP contribution >= 0.6 is 0 Å². The van der Waals surface area contributed by atoms with Crippen molar-refractivity contribution in [3.8, 4) is 0 Å². The summed E-state index contributed by atoms with van der Waals surface area (Å²) >= 11 is 0. The van der Waals surface area contributed by atoms with Gasteiger partial charge in [-0.05, 0) is 30.0 Å². The number of alkyl halides is 3. The molecular weight excluding hydrogens is 239 g/mol. The van der Waals surface area contributed by atoms with Crippen LogP contribution in [-0.4, -0.2) is 4.98 Å². The predicted molar refractivity (Wildman–Crippen MR) is 65.5 cm³/mol. The molecule has 0 aliphatic rings. The summed E-state index contributed by atoms with van der Waals surface area (Å²) in [4.78, 5) is 3.90. The van der Waals surface area contributed by atoms with Gasteiger partial charge in [-0.3, -0.25) is 4.98 Å². The topological polar surface area (TPSA) is 12.9 Å². The normalized spacial score (nSPS) is 13.8. The molecule has 96 valence electrons. The lowest BCUT2D eigenvalue weighted by Gasteiger charge is -2.15. The van der Waals surface area contributed by atoms with E-state index in [2.05, 4.69) is 4.98 Å². The lowest BCUT2D eigenvalue weighted by atomic mass is 9.94. The van der Waals surface area contributed by atoms with Gasteiger partial charge in [0.05, 0.1) is 11.1 Å². The van der Waals surface area contributed by atoms with E-state index in [0.717, 1.165) is 18.1 Å². The Balaban J connectivity index is 2.73. The predicted octanol–water partition coefficient (Wildman–Crippen LogP) is 4.77. The van der Waals surface area contributed by atoms with Gasteiger partial charge in [-0.15, -0.1) is 0 Å². The van der Waals surface area contributed by atoms with E-state index in [9.17, 15) is 13.2 Å². The average Bonchev–Trinajstić information content (AvgIpc) is 2.35. The Morgan fingerprint density at radius 3 is 2.56 bits per heavy atom. The van der Waals surface area contributed by atoms with Gasteiger partial charge >= 0.3 is 6.18 Å². The first-order valence-corrected chi connectivity index (χ1v) is 5.90. The SMILES string of the molecule is CCC(C)c1ccnc2c(C(F)(F)F)cccc12. The Kier molecular flexibility index (Phi) is 3.28. The second-order valence-corrected chi connectivity index (χ2v) is 4.41. The van der Waals surface area contributed by atoms with Crippen LogP contribution in [-0.2, 0) is 6.18 Å². The lowest BCUT2D eigenvalue weighted by Crippen LogP contribution is -2.07. The van der Waals surface area contributed by atoms with Crippen molar-refractivity contribution in [1.29, 1.82) is 0 Å². The van der Waals surface area contributed by atoms with E-state index in [1.165, 1.54) is 12.3 Å². The van der Waals surface area contributed by atoms with Crippen molar-refractivity contribution in [1.82, 2.24) is 4.98 Å². The minimum atomic E-state index is -4.36. The molecule has 1 unspecified atom stereocenters. The average molecular weight is 253 g/mol. The van der Waals surface area contributed by atoms with Gasteiger partial charge in [-0.2, -0.15) is 13.2 Å². The minimum absolute atomic E-state index is 0.0443. The lowest BCUT2D eigenvalue weighted by molar-refractivity contribution is -0.136. The number of para-hydroxylation sites is 1. The number of benzene rings is 1. The summed E-state index contributed by atoms with van der Waals surface area (Å²) in [6.45, 7) is 4.03. The molecule has 1 aromatic carbocycles. The van der Waals surface area contributed by atoms with E-state index in [-0.39, 0.29) is 11.4 Å². The van der Waals surface area contributed by atoms with Crippen molar-refractivity contribution in [2.45, 2.75) is 32.4 Å². The minimum Gasteiger partial charge on any atom is -0.256 e. The van der Waals surface area contributed by atoms with E-state index < -0.39 is 11.7 Å². The monoisotopic (exact) mass is 253 g/mol. The largest absolute Gasteiger partial charge is 0.418 e. The van der Waals surface area contributed by atoms with Crippen molar-refractivity contribution in [3.63, 3.8) is 0 Å². The van der Waals surface area contributed by atoms with Crippen LogP contribution in [0, 0.1) is 0 Å². The fourth-order valence-corrected chi connectivity index (χ4v) is 2.08. The Bertz CT molecular complexity index is 560. The molecule has 0 aliphatic carbocycles. The van der Waals surface area contributed by atoms with Crippen LogP contribution in [0.25, 0.3) is 10.9 Å². The van der Waals surface area contributed by atoms with E-state index in [0.29, 0.717) is 5.39 Å². The van der Waals surface area contributed by atoms with Gasteiger partial charge in [-0.1, -0.05) is 26.0 Å². The standard InChI is InChI=1S/C14H14F3N/c1-3-9(2)10-7-8-18-13-11(10)5-4-6-12(13)14(15,16)17/h4-9H,3H2,1-2H3. The third kappa shape index (κ3) is 2.19. The molecule has 0 N–H and O–H groups in total. The summed E-state index contributed by atoms with van der Waals surface area (Å²) < 4.78 is 38.7. The molecule has 0 saturated heterocycles. The van der Waals surface area contributed by atoms with Crippen molar-refractivity contribution in [3.05, 3.63) is 41.6 Å². The van der Waals surface area contributed by atoms with Gasteiger partial charge in [0.15, 0.2) is 0 Å². The summed E-state index contributed by atoms with van der Waals surface area (Å²) in [5.41, 5.74) is 0.307. The Hall–Kier alpha value is -1.58. The van der Waals surface area contributed by atoms with Gasteiger partial charge in [0.1, 0.15) is 0 Å². The van der Waals surface area contributed by atoms with Crippen LogP contribution in [0.3, 0.4) is 0 Å². The molecule has 1 aromatic heterocycles. The van der Waals surface area contributed by atoms with Crippen molar-refractivity contribution in [2.75, 3.05) is 0 Å². The highest BCUT2D eigenvalue weighted by Crippen LogP contribution is 2.36. The summed E-state index contributed by atoms with van der Waals surface area (Å²) in [7, 11) is 0. The third-order valence-corrected chi connectivity index (χ3v) is 3.25. The molecule has 0 amide bonds. The Labute approximate surface area is 104 Å². The Morgan fingerprint density at radius 1 is 1.22 bits per heavy atom. The quantitative estimate of drug-likeness (QED) is 0.751. The highest BCUT2D eigenvalue weighted by molar-refractivity contribution is 5.85. The number of halogens is 3. The van der Waals surface area contributed by atoms with E-state index in [4.69, 9.17) is 0 Å². The summed E-state index contributed by atoms with van der Waals surface area (Å²) in [5.74, 6) is 0.221. The highest BCUT2D eigenvalue weighted by atomic mass is 19.4. The second-order valence-electron chi connectivity index (χ2n) is 4.41. The molecule has 4 heteroatoms. The summed E-state index contributed by atoms with van der Waals surface area (Å²) in [6.07, 6.45) is -2.02. The van der Waals surface area contributed by atoms with Crippen LogP contribution in [0.1, 0.15) is 37.3 Å². The number of hydrogen-bond acceptors (Lipinski definition) is 1. The van der Waals surface area contributed by atoms with Gasteiger partial charge in [0.25, 0.3) is 0 Å². The first-order chi connectivity index (χ1) is 8.45. The van der Waals surface area contributed by atoms with Crippen LogP contribution in [0.15, 0.2) is 30.5 Å². The van der Waals surface area contributed by atoms with Crippen molar-refractivity contribution in [2.24, 2.45) is 0 Å². The van der Waals surface area contributed by atoms with Crippen LogP contribution in [0.2, 0.25) is 0 Å². The molecule has 0 aliphatic heterocycles. The Morgan fingerprint density at radius 2 is 1.94 bits per heavy atom. The third-order valence-electron chi connectivity index (χ3n) is 3.25. The second kappa shape index (κ2) is 4.59. The summed E-state index contributed by atoms with van der Waals surface area (Å²) in [6, 6.07) is 6.03. The van der Waals surface area contributed by atoms with Crippen LogP contribution < -0.4 is 0 Å². The number of rotatable bonds is 2. The zero-order chi connectivity index (χ0) is 13.3. The number of nitrogens with zero attached hydrogens (tertiary/aromatic N) is 1. The maximum Gasteiger partial charge on any atom is 0.418 e. The molecule has 1 atom stereocenters. The highest BCUT2D eigenvalue weighted by Gasteiger charge is 2.33. The number of hydrogen-bond donors (Lipinski definition) is 0. The number of fused-ring (bicyclic) bond motifs is 1. The molecule has 0 radical (unpaired) electrons. The molecule has 2 aromatic rings. The zero-order valence-corrected chi connectivity index (χ0v) is 10.3. The van der Waals surface area contributed by atoms with E-state index in [1.54, 1.807) is 12.1 Å². The van der Waals surface area contributed by atoms with Gasteiger partial charge < -0.3 is 0 Å². The zero-order valence-electron chi connectivity index (χ0n) is 10.3. The molecule has 0 fully saturated rings. The molecule has 0 spiro atoms. The number of pyridine rings is 1. The number of aromatic nitrogens is 1. The molecule has 18 heavy (non-hydrogen) atoms. The molecule has 1 heterocycles. The van der Waals surface area contributed by atoms with Crippen molar-refractivity contribution >= 4 is 10.9 Å². The van der Waals surface area contributed by atoms with E-state index >= 15 is 0 Å². The van der Waals surface area contributed by atoms with Crippen molar-refractivity contribution < 1.29 is 13.2 Å². The maximum absolute atomic E-state index is 12.9. The molecule has 1 nitrogen and oxygen atoms in total. The summed E-state index contributed by atoms with van der Waals surface area (Å²) in [5, 5.41) is 0.599. The smallest absolute Gasteiger partial charge is 0.256 e. The molecule has 0 saturated carbocycles. The molecule has 0 bridgehead atoms. The molecule has 2 rings (SSSR count). The molecular formula is C14H14F3N. The van der Waals surface area contributed by atoms with Crippen LogP contribution in [0.5, 0.6) is 0 Å². The first kappa shape index (κ1) is 12.9. The van der Waals surface area contributed by atoms with E-state index in [1.807, 2.05) is 13.8 Å². The van der Waals surface area contributed by atoms with Gasteiger partial charge in [-0.25, -0.2) is 0 Å². The van der Waals surface area contributed by atoms with Crippen LogP contribution in [0.4, 0.5) is 13.2 Å². The fraction of sp³-hybridized carbons (Fsp3) is 0.357. The maximum atomic E-state index is 12.9.